The van der Waals surface area contributed by atoms with Crippen molar-refractivity contribution in [2.24, 2.45) is 5.92 Å². The molecule has 1 atom stereocenters. The summed E-state index contributed by atoms with van der Waals surface area (Å²) in [5.74, 6) is 0.556. The highest BCUT2D eigenvalue weighted by Crippen LogP contribution is 2.13. The lowest BCUT2D eigenvalue weighted by Gasteiger charge is -2.15. The van der Waals surface area contributed by atoms with E-state index in [0.717, 1.165) is 17.5 Å². The fourth-order valence-electron chi connectivity index (χ4n) is 2.36. The van der Waals surface area contributed by atoms with Crippen molar-refractivity contribution in [2.75, 3.05) is 6.54 Å². The number of hydrogen-bond donors (Lipinski definition) is 1. The molecule has 1 aromatic carbocycles. The number of aryl methyl sites for hydroxylation is 2. The van der Waals surface area contributed by atoms with E-state index in [2.05, 4.69) is 24.3 Å². The third kappa shape index (κ3) is 5.18. The molecule has 0 fully saturated rings. The third-order valence-electron chi connectivity index (χ3n) is 4.20. The van der Waals surface area contributed by atoms with Crippen LogP contribution in [-0.4, -0.2) is 28.3 Å². The van der Waals surface area contributed by atoms with E-state index in [4.69, 9.17) is 4.74 Å². The third-order valence-corrected chi connectivity index (χ3v) is 4.20. The number of aromatic nitrogens is 2. The average molecular weight is 357 g/mol. The van der Waals surface area contributed by atoms with E-state index in [9.17, 15) is 9.59 Å². The lowest BCUT2D eigenvalue weighted by molar-refractivity contribution is -0.127. The van der Waals surface area contributed by atoms with Crippen molar-refractivity contribution in [3.63, 3.8) is 0 Å². The minimum absolute atomic E-state index is 0.198. The molecule has 0 aliphatic heterocycles. The Bertz CT molecular complexity index is 827. The summed E-state index contributed by atoms with van der Waals surface area (Å²) in [6.45, 7) is 10.5. The number of rotatable bonds is 7. The molecular weight excluding hydrogens is 330 g/mol. The molecule has 0 aliphatic rings. The molecule has 2 aromatic rings. The predicted molar refractivity (Wildman–Crippen MR) is 102 cm³/mol. The first-order chi connectivity index (χ1) is 12.3. The summed E-state index contributed by atoms with van der Waals surface area (Å²) < 4.78 is 6.90. The Morgan fingerprint density at radius 3 is 2.54 bits per heavy atom. The van der Waals surface area contributed by atoms with Gasteiger partial charge in [-0.25, -0.2) is 0 Å². The number of hydrogen-bond acceptors (Lipinski definition) is 4. The van der Waals surface area contributed by atoms with Crippen molar-refractivity contribution >= 4 is 5.91 Å². The number of benzene rings is 1. The van der Waals surface area contributed by atoms with E-state index in [-0.39, 0.29) is 17.3 Å². The molecule has 0 spiro atoms. The second-order valence-corrected chi connectivity index (χ2v) is 6.92. The zero-order chi connectivity index (χ0) is 19.3. The summed E-state index contributed by atoms with van der Waals surface area (Å²) in [7, 11) is 0. The molecule has 0 saturated heterocycles. The van der Waals surface area contributed by atoms with Crippen molar-refractivity contribution in [2.45, 2.75) is 47.1 Å². The Balaban J connectivity index is 2.12. The lowest BCUT2D eigenvalue weighted by atomic mass is 10.1. The number of ether oxygens (including phenoxy) is 1. The first-order valence-corrected chi connectivity index (χ1v) is 8.90. The lowest BCUT2D eigenvalue weighted by Crippen LogP contribution is -2.37. The van der Waals surface area contributed by atoms with Crippen LogP contribution in [0.4, 0.5) is 0 Å². The highest BCUT2D eigenvalue weighted by atomic mass is 16.5. The SMILES string of the molecule is Cc1ccc(-n2nc(OC(C)C(=O)NCCC(C)C)ccc2=O)cc1C. The van der Waals surface area contributed by atoms with Crippen molar-refractivity contribution in [1.29, 1.82) is 0 Å². The largest absolute Gasteiger partial charge is 0.464 e. The van der Waals surface area contributed by atoms with Crippen LogP contribution in [0.5, 0.6) is 5.88 Å². The van der Waals surface area contributed by atoms with Gasteiger partial charge in [-0.3, -0.25) is 9.59 Å². The highest BCUT2D eigenvalue weighted by Gasteiger charge is 2.16. The van der Waals surface area contributed by atoms with Gasteiger partial charge in [0.2, 0.25) is 5.88 Å². The van der Waals surface area contributed by atoms with Crippen LogP contribution < -0.4 is 15.6 Å². The zero-order valence-electron chi connectivity index (χ0n) is 16.1. The van der Waals surface area contributed by atoms with E-state index in [1.165, 1.54) is 16.8 Å². The van der Waals surface area contributed by atoms with E-state index >= 15 is 0 Å². The first kappa shape index (κ1) is 19.7. The molecule has 2 rings (SSSR count). The predicted octanol–water partition coefficient (Wildman–Crippen LogP) is 2.78. The van der Waals surface area contributed by atoms with E-state index in [1.807, 2.05) is 32.0 Å². The van der Waals surface area contributed by atoms with Crippen LogP contribution in [0.2, 0.25) is 0 Å². The Labute approximate surface area is 154 Å². The molecule has 0 saturated carbocycles. The summed E-state index contributed by atoms with van der Waals surface area (Å²) in [6.07, 6.45) is 0.217. The van der Waals surface area contributed by atoms with Gasteiger partial charge < -0.3 is 10.1 Å². The average Bonchev–Trinajstić information content (AvgIpc) is 2.58. The topological polar surface area (TPSA) is 73.2 Å². The van der Waals surface area contributed by atoms with Gasteiger partial charge in [0.15, 0.2) is 6.10 Å². The van der Waals surface area contributed by atoms with Gasteiger partial charge in [-0.15, -0.1) is 5.10 Å². The molecule has 1 N–H and O–H groups in total. The number of nitrogens with zero attached hydrogens (tertiary/aromatic N) is 2. The number of carbonyl (C=O) groups is 1. The van der Waals surface area contributed by atoms with Gasteiger partial charge in [0.25, 0.3) is 11.5 Å². The van der Waals surface area contributed by atoms with E-state index < -0.39 is 6.10 Å². The molecule has 1 amide bonds. The van der Waals surface area contributed by atoms with Crippen LogP contribution in [0.15, 0.2) is 35.1 Å². The monoisotopic (exact) mass is 357 g/mol. The summed E-state index contributed by atoms with van der Waals surface area (Å²) in [4.78, 5) is 24.3. The molecule has 1 aromatic heterocycles. The Kier molecular flexibility index (Phi) is 6.55. The number of carbonyl (C=O) groups excluding carboxylic acids is 1. The van der Waals surface area contributed by atoms with Gasteiger partial charge in [0.1, 0.15) is 0 Å². The fourth-order valence-corrected chi connectivity index (χ4v) is 2.36. The molecular formula is C20H27N3O3. The van der Waals surface area contributed by atoms with Gasteiger partial charge >= 0.3 is 0 Å². The fraction of sp³-hybridized carbons (Fsp3) is 0.450. The van der Waals surface area contributed by atoms with Gasteiger partial charge in [-0.05, 0) is 56.4 Å². The maximum absolute atomic E-state index is 12.2. The molecule has 0 bridgehead atoms. The Hall–Kier alpha value is -2.63. The maximum Gasteiger partial charge on any atom is 0.271 e. The van der Waals surface area contributed by atoms with Crippen LogP contribution >= 0.6 is 0 Å². The number of nitrogens with one attached hydrogen (secondary N) is 1. The molecule has 0 aliphatic carbocycles. The van der Waals surface area contributed by atoms with Gasteiger partial charge in [-0.1, -0.05) is 19.9 Å². The minimum Gasteiger partial charge on any atom is -0.464 e. The molecule has 140 valence electrons. The smallest absolute Gasteiger partial charge is 0.271 e. The summed E-state index contributed by atoms with van der Waals surface area (Å²) >= 11 is 0. The molecule has 1 heterocycles. The van der Waals surface area contributed by atoms with Gasteiger partial charge in [-0.2, -0.15) is 4.68 Å². The summed E-state index contributed by atoms with van der Waals surface area (Å²) in [5, 5.41) is 7.09. The van der Waals surface area contributed by atoms with Gasteiger partial charge in [0.05, 0.1) is 5.69 Å². The van der Waals surface area contributed by atoms with Crippen LogP contribution in [-0.2, 0) is 4.79 Å². The standard InChI is InChI=1S/C20H27N3O3/c1-13(2)10-11-21-20(25)16(5)26-18-8-9-19(24)23(22-18)17-7-6-14(3)15(4)12-17/h6-9,12-13,16H,10-11H2,1-5H3,(H,21,25). The van der Waals surface area contributed by atoms with Crippen molar-refractivity contribution in [3.05, 3.63) is 51.8 Å². The molecule has 0 radical (unpaired) electrons. The summed E-state index contributed by atoms with van der Waals surface area (Å²) in [5.41, 5.74) is 2.62. The molecule has 6 nitrogen and oxygen atoms in total. The number of amides is 1. The van der Waals surface area contributed by atoms with Crippen molar-refractivity contribution in [3.8, 4) is 11.6 Å². The summed E-state index contributed by atoms with van der Waals surface area (Å²) in [6, 6.07) is 8.55. The highest BCUT2D eigenvalue weighted by molar-refractivity contribution is 5.80. The van der Waals surface area contributed by atoms with Gasteiger partial charge in [0, 0.05) is 18.7 Å². The normalized spacial score (nSPS) is 12.1. The second-order valence-electron chi connectivity index (χ2n) is 6.92. The van der Waals surface area contributed by atoms with E-state index in [1.54, 1.807) is 6.92 Å². The van der Waals surface area contributed by atoms with E-state index in [0.29, 0.717) is 18.2 Å². The van der Waals surface area contributed by atoms with Crippen LogP contribution in [0.25, 0.3) is 5.69 Å². The molecule has 6 heteroatoms. The minimum atomic E-state index is -0.694. The first-order valence-electron chi connectivity index (χ1n) is 8.90. The zero-order valence-corrected chi connectivity index (χ0v) is 16.1. The Morgan fingerprint density at radius 1 is 1.15 bits per heavy atom. The molecule has 26 heavy (non-hydrogen) atoms. The molecule has 1 unspecified atom stereocenters. The maximum atomic E-state index is 12.2. The quantitative estimate of drug-likeness (QED) is 0.827. The Morgan fingerprint density at radius 2 is 1.88 bits per heavy atom. The second kappa shape index (κ2) is 8.65. The van der Waals surface area contributed by atoms with Crippen molar-refractivity contribution in [1.82, 2.24) is 15.1 Å². The van der Waals surface area contributed by atoms with Crippen LogP contribution in [0, 0.1) is 19.8 Å². The van der Waals surface area contributed by atoms with Crippen LogP contribution in [0.1, 0.15) is 38.3 Å². The van der Waals surface area contributed by atoms with Crippen molar-refractivity contribution < 1.29 is 9.53 Å². The van der Waals surface area contributed by atoms with Crippen LogP contribution in [0.3, 0.4) is 0 Å².